The first-order valence-corrected chi connectivity index (χ1v) is 10.1. The molecule has 0 bridgehead atoms. The van der Waals surface area contributed by atoms with Crippen LogP contribution in [0.25, 0.3) is 22.4 Å². The number of piperidine rings is 1. The van der Waals surface area contributed by atoms with Crippen LogP contribution in [0.4, 0.5) is 5.82 Å². The van der Waals surface area contributed by atoms with Crippen LogP contribution < -0.4 is 5.32 Å². The van der Waals surface area contributed by atoms with Crippen LogP contribution in [0.1, 0.15) is 32.6 Å². The normalized spacial score (nSPS) is 15.9. The Hall–Kier alpha value is -2.87. The molecule has 4 heterocycles. The number of hydrogen-bond donors (Lipinski definition) is 1. The highest BCUT2D eigenvalue weighted by Crippen LogP contribution is 2.24. The van der Waals surface area contributed by atoms with Crippen LogP contribution in [0, 0.1) is 18.8 Å². The molecule has 0 unspecified atom stereocenters. The molecule has 1 aliphatic rings. The summed E-state index contributed by atoms with van der Waals surface area (Å²) < 4.78 is 5.45. The number of nitrogens with zero attached hydrogens (tertiary/aromatic N) is 5. The van der Waals surface area contributed by atoms with Gasteiger partial charge in [0.2, 0.25) is 11.8 Å². The van der Waals surface area contributed by atoms with Gasteiger partial charge >= 0.3 is 0 Å². The number of nitrogens with one attached hydrogen (secondary N) is 1. The first-order valence-electron chi connectivity index (χ1n) is 10.1. The smallest absolute Gasteiger partial charge is 0.266 e. The van der Waals surface area contributed by atoms with Gasteiger partial charge in [0.15, 0.2) is 0 Å². The molecule has 3 aromatic rings. The zero-order valence-electron chi connectivity index (χ0n) is 17.1. The number of carbonyl (C=O) groups excluding carboxylic acids is 1. The van der Waals surface area contributed by atoms with Gasteiger partial charge in [0.05, 0.1) is 0 Å². The number of aromatic nitrogens is 4. The molecule has 1 amide bonds. The number of amides is 1. The van der Waals surface area contributed by atoms with Crippen LogP contribution in [0.15, 0.2) is 28.9 Å². The first kappa shape index (κ1) is 19.4. The molecule has 1 N–H and O–H groups in total. The molecular formula is C21H26N6O2. The predicted molar refractivity (Wildman–Crippen MR) is 110 cm³/mol. The van der Waals surface area contributed by atoms with Crippen molar-refractivity contribution in [2.75, 3.05) is 25.0 Å². The lowest BCUT2D eigenvalue weighted by molar-refractivity contribution is -0.121. The molecular weight excluding hydrogens is 368 g/mol. The van der Waals surface area contributed by atoms with E-state index in [4.69, 9.17) is 4.42 Å². The largest absolute Gasteiger partial charge is 0.420 e. The molecule has 0 aliphatic carbocycles. The first-order chi connectivity index (χ1) is 14.0. The van der Waals surface area contributed by atoms with Crippen LogP contribution in [0.5, 0.6) is 0 Å². The van der Waals surface area contributed by atoms with E-state index in [0.29, 0.717) is 29.2 Å². The SMILES string of the molecule is Cc1nnc(-c2cc3cc(NC(=O)C4CCN(CC(C)C)CC4)ncc3cn2)o1. The van der Waals surface area contributed by atoms with Crippen molar-refractivity contribution in [1.82, 2.24) is 25.1 Å². The van der Waals surface area contributed by atoms with E-state index in [-0.39, 0.29) is 11.8 Å². The number of aryl methyl sites for hydroxylation is 1. The summed E-state index contributed by atoms with van der Waals surface area (Å²) in [4.78, 5) is 23.9. The molecule has 1 aliphatic heterocycles. The maximum absolute atomic E-state index is 12.7. The zero-order valence-corrected chi connectivity index (χ0v) is 17.1. The van der Waals surface area contributed by atoms with E-state index in [2.05, 4.69) is 44.2 Å². The van der Waals surface area contributed by atoms with Crippen molar-refractivity contribution in [3.63, 3.8) is 0 Å². The summed E-state index contributed by atoms with van der Waals surface area (Å²) in [5, 5.41) is 12.6. The fourth-order valence-electron chi connectivity index (χ4n) is 3.75. The van der Waals surface area contributed by atoms with Gasteiger partial charge in [0, 0.05) is 37.2 Å². The summed E-state index contributed by atoms with van der Waals surface area (Å²) in [7, 11) is 0. The monoisotopic (exact) mass is 394 g/mol. The van der Waals surface area contributed by atoms with Crippen LogP contribution in [-0.2, 0) is 4.79 Å². The minimum Gasteiger partial charge on any atom is -0.420 e. The van der Waals surface area contributed by atoms with Crippen LogP contribution in [0.3, 0.4) is 0 Å². The van der Waals surface area contributed by atoms with Gasteiger partial charge in [-0.3, -0.25) is 9.78 Å². The van der Waals surface area contributed by atoms with Crippen molar-refractivity contribution in [3.8, 4) is 11.6 Å². The van der Waals surface area contributed by atoms with E-state index in [1.165, 1.54) is 0 Å². The van der Waals surface area contributed by atoms with Gasteiger partial charge in [-0.1, -0.05) is 13.8 Å². The van der Waals surface area contributed by atoms with Crippen LogP contribution in [0.2, 0.25) is 0 Å². The van der Waals surface area contributed by atoms with Gasteiger partial charge in [-0.05, 0) is 49.4 Å². The highest BCUT2D eigenvalue weighted by molar-refractivity contribution is 5.94. The van der Waals surface area contributed by atoms with E-state index >= 15 is 0 Å². The average molecular weight is 394 g/mol. The van der Waals surface area contributed by atoms with Gasteiger partial charge in [-0.2, -0.15) is 0 Å². The fourth-order valence-corrected chi connectivity index (χ4v) is 3.75. The number of hydrogen-bond acceptors (Lipinski definition) is 7. The van der Waals surface area contributed by atoms with Gasteiger partial charge < -0.3 is 14.6 Å². The molecule has 0 spiro atoms. The molecule has 8 nitrogen and oxygen atoms in total. The molecule has 0 saturated carbocycles. The second kappa shape index (κ2) is 8.24. The molecule has 152 valence electrons. The Bertz CT molecular complexity index is 1010. The molecule has 4 rings (SSSR count). The second-order valence-electron chi connectivity index (χ2n) is 8.07. The summed E-state index contributed by atoms with van der Waals surface area (Å²) in [5.41, 5.74) is 0.596. The minimum atomic E-state index is 0.0327. The van der Waals surface area contributed by atoms with Crippen molar-refractivity contribution in [2.45, 2.75) is 33.6 Å². The van der Waals surface area contributed by atoms with Crippen molar-refractivity contribution in [3.05, 3.63) is 30.4 Å². The molecule has 1 fully saturated rings. The molecule has 8 heteroatoms. The molecule has 1 saturated heterocycles. The number of pyridine rings is 2. The molecule has 0 radical (unpaired) electrons. The molecule has 29 heavy (non-hydrogen) atoms. The number of rotatable bonds is 5. The van der Waals surface area contributed by atoms with E-state index in [0.717, 1.165) is 43.2 Å². The topological polar surface area (TPSA) is 97.0 Å². The second-order valence-corrected chi connectivity index (χ2v) is 8.07. The lowest BCUT2D eigenvalue weighted by Crippen LogP contribution is -2.39. The Morgan fingerprint density at radius 1 is 1.17 bits per heavy atom. The maximum Gasteiger partial charge on any atom is 0.266 e. The molecule has 0 atom stereocenters. The van der Waals surface area contributed by atoms with Crippen molar-refractivity contribution in [2.24, 2.45) is 11.8 Å². The lowest BCUT2D eigenvalue weighted by atomic mass is 9.95. The summed E-state index contributed by atoms with van der Waals surface area (Å²) >= 11 is 0. The maximum atomic E-state index is 12.7. The van der Waals surface area contributed by atoms with E-state index in [1.54, 1.807) is 19.3 Å². The third-order valence-corrected chi connectivity index (χ3v) is 5.18. The van der Waals surface area contributed by atoms with E-state index in [1.807, 2.05) is 12.1 Å². The fraction of sp³-hybridized carbons (Fsp3) is 0.476. The Labute approximate surface area is 169 Å². The Kier molecular flexibility index (Phi) is 5.53. The lowest BCUT2D eigenvalue weighted by Gasteiger charge is -2.32. The van der Waals surface area contributed by atoms with Gasteiger partial charge in [-0.25, -0.2) is 4.98 Å². The van der Waals surface area contributed by atoms with Gasteiger partial charge in [0.25, 0.3) is 5.89 Å². The number of fused-ring (bicyclic) bond motifs is 1. The minimum absolute atomic E-state index is 0.0327. The summed E-state index contributed by atoms with van der Waals surface area (Å²) in [6.45, 7) is 9.23. The number of anilines is 1. The Morgan fingerprint density at radius 3 is 2.62 bits per heavy atom. The third kappa shape index (κ3) is 4.59. The van der Waals surface area contributed by atoms with Gasteiger partial charge in [0.1, 0.15) is 11.5 Å². The van der Waals surface area contributed by atoms with E-state index in [9.17, 15) is 4.79 Å². The van der Waals surface area contributed by atoms with Crippen molar-refractivity contribution < 1.29 is 9.21 Å². The average Bonchev–Trinajstić information content (AvgIpc) is 3.14. The molecule has 3 aromatic heterocycles. The van der Waals surface area contributed by atoms with Crippen LogP contribution in [-0.4, -0.2) is 50.6 Å². The summed E-state index contributed by atoms with van der Waals surface area (Å²) in [6, 6.07) is 3.72. The highest BCUT2D eigenvalue weighted by atomic mass is 16.4. The van der Waals surface area contributed by atoms with Gasteiger partial charge in [-0.15, -0.1) is 10.2 Å². The van der Waals surface area contributed by atoms with E-state index < -0.39 is 0 Å². The molecule has 0 aromatic carbocycles. The van der Waals surface area contributed by atoms with Crippen molar-refractivity contribution in [1.29, 1.82) is 0 Å². The highest BCUT2D eigenvalue weighted by Gasteiger charge is 2.25. The number of carbonyl (C=O) groups is 1. The van der Waals surface area contributed by atoms with Crippen molar-refractivity contribution >= 4 is 22.5 Å². The quantitative estimate of drug-likeness (QED) is 0.709. The standard InChI is InChI=1S/C21H26N6O2/c1-13(2)12-27-6-4-15(5-7-27)20(28)24-19-9-16-8-18(21-26-25-14(3)29-21)22-10-17(16)11-23-19/h8-11,13,15H,4-7,12H2,1-3H3,(H,23,24,28). The van der Waals surface area contributed by atoms with Crippen LogP contribution >= 0.6 is 0 Å². The third-order valence-electron chi connectivity index (χ3n) is 5.18. The summed E-state index contributed by atoms with van der Waals surface area (Å²) in [6.07, 6.45) is 5.20. The summed E-state index contributed by atoms with van der Waals surface area (Å²) in [5.74, 6) is 2.14. The Morgan fingerprint density at radius 2 is 1.93 bits per heavy atom. The Balaban J connectivity index is 1.44. The number of likely N-dealkylation sites (tertiary alicyclic amines) is 1. The predicted octanol–water partition coefficient (Wildman–Crippen LogP) is 3.29. The zero-order chi connectivity index (χ0) is 20.4.